The number of hydrogen-bond acceptors (Lipinski definition) is 2. The number of nitrogens with one attached hydrogen (secondary N) is 1. The van der Waals surface area contributed by atoms with E-state index in [9.17, 15) is 4.79 Å². The van der Waals surface area contributed by atoms with E-state index in [0.29, 0.717) is 18.9 Å². The van der Waals surface area contributed by atoms with E-state index < -0.39 is 0 Å². The summed E-state index contributed by atoms with van der Waals surface area (Å²) in [4.78, 5) is 11.7. The Labute approximate surface area is 112 Å². The van der Waals surface area contributed by atoms with Crippen molar-refractivity contribution in [3.63, 3.8) is 0 Å². The Balaban J connectivity index is 0. The Bertz CT molecular complexity index is 210. The van der Waals surface area contributed by atoms with E-state index >= 15 is 0 Å². The summed E-state index contributed by atoms with van der Waals surface area (Å²) in [5.41, 5.74) is 5.51. The number of carbonyl (C=O) groups excluding carboxylic acids is 1. The van der Waals surface area contributed by atoms with Crippen LogP contribution in [0.15, 0.2) is 0 Å². The molecule has 3 nitrogen and oxygen atoms in total. The van der Waals surface area contributed by atoms with Crippen LogP contribution in [0, 0.1) is 5.92 Å². The van der Waals surface area contributed by atoms with Crippen molar-refractivity contribution in [2.45, 2.75) is 65.3 Å². The van der Waals surface area contributed by atoms with Gasteiger partial charge in [-0.2, -0.15) is 0 Å². The van der Waals surface area contributed by atoms with Gasteiger partial charge in [0.15, 0.2) is 0 Å². The zero-order valence-corrected chi connectivity index (χ0v) is 12.5. The standard InChI is InChI=1S/C13H28N2O.ClH/c1-5-6-7-8-12(16)15-13(4,10-14)9-11(2)3;/h11H,5-10,14H2,1-4H3,(H,15,16);1H. The molecule has 0 fully saturated rings. The van der Waals surface area contributed by atoms with E-state index in [2.05, 4.69) is 26.1 Å². The largest absolute Gasteiger partial charge is 0.350 e. The fraction of sp³-hybridized carbons (Fsp3) is 0.923. The minimum Gasteiger partial charge on any atom is -0.350 e. The molecule has 1 atom stereocenters. The first kappa shape index (κ1) is 19.1. The number of amides is 1. The molecule has 1 unspecified atom stereocenters. The molecule has 0 radical (unpaired) electrons. The van der Waals surface area contributed by atoms with E-state index in [0.717, 1.165) is 25.7 Å². The molecule has 104 valence electrons. The van der Waals surface area contributed by atoms with Crippen molar-refractivity contribution in [2.24, 2.45) is 11.7 Å². The molecule has 4 heteroatoms. The second-order valence-electron chi connectivity index (χ2n) is 5.37. The fourth-order valence-electron chi connectivity index (χ4n) is 2.02. The molecular formula is C13H29ClN2O. The molecule has 0 saturated carbocycles. The van der Waals surface area contributed by atoms with Crippen LogP contribution in [0.2, 0.25) is 0 Å². The molecule has 0 aliphatic heterocycles. The predicted octanol–water partition coefficient (Wildman–Crippen LogP) is 2.87. The lowest BCUT2D eigenvalue weighted by Crippen LogP contribution is -2.52. The molecule has 0 aromatic carbocycles. The summed E-state index contributed by atoms with van der Waals surface area (Å²) in [5.74, 6) is 0.687. The number of halogens is 1. The molecule has 0 rings (SSSR count). The van der Waals surface area contributed by atoms with Crippen LogP contribution in [0.4, 0.5) is 0 Å². The van der Waals surface area contributed by atoms with Crippen molar-refractivity contribution in [3.05, 3.63) is 0 Å². The summed E-state index contributed by atoms with van der Waals surface area (Å²) in [6.07, 6.45) is 4.81. The molecule has 0 aliphatic rings. The SMILES string of the molecule is CCCCCC(=O)NC(C)(CN)CC(C)C.Cl. The van der Waals surface area contributed by atoms with Crippen molar-refractivity contribution in [2.75, 3.05) is 6.54 Å². The van der Waals surface area contributed by atoms with Gasteiger partial charge in [0.25, 0.3) is 0 Å². The topological polar surface area (TPSA) is 55.1 Å². The molecule has 0 aromatic rings. The highest BCUT2D eigenvalue weighted by Gasteiger charge is 2.25. The van der Waals surface area contributed by atoms with Crippen LogP contribution in [0.25, 0.3) is 0 Å². The molecule has 17 heavy (non-hydrogen) atoms. The van der Waals surface area contributed by atoms with Crippen molar-refractivity contribution in [3.8, 4) is 0 Å². The lowest BCUT2D eigenvalue weighted by atomic mass is 9.90. The Hall–Kier alpha value is -0.280. The van der Waals surface area contributed by atoms with Gasteiger partial charge < -0.3 is 11.1 Å². The maximum atomic E-state index is 11.7. The highest BCUT2D eigenvalue weighted by Crippen LogP contribution is 2.15. The van der Waals surface area contributed by atoms with E-state index in [1.807, 2.05) is 6.92 Å². The predicted molar refractivity (Wildman–Crippen MR) is 76.4 cm³/mol. The molecule has 3 N–H and O–H groups in total. The Morgan fingerprint density at radius 2 is 1.94 bits per heavy atom. The summed E-state index contributed by atoms with van der Waals surface area (Å²) in [5, 5.41) is 3.07. The zero-order valence-electron chi connectivity index (χ0n) is 11.7. The number of nitrogens with two attached hydrogens (primary N) is 1. The second-order valence-corrected chi connectivity index (χ2v) is 5.37. The number of hydrogen-bond donors (Lipinski definition) is 2. The summed E-state index contributed by atoms with van der Waals surface area (Å²) in [7, 11) is 0. The summed E-state index contributed by atoms with van der Waals surface area (Å²) >= 11 is 0. The molecule has 0 bridgehead atoms. The van der Waals surface area contributed by atoms with Crippen LogP contribution in [0.5, 0.6) is 0 Å². The molecule has 0 spiro atoms. The third-order valence-electron chi connectivity index (χ3n) is 2.76. The Morgan fingerprint density at radius 3 is 2.35 bits per heavy atom. The van der Waals surface area contributed by atoms with Crippen molar-refractivity contribution >= 4 is 18.3 Å². The summed E-state index contributed by atoms with van der Waals surface area (Å²) in [6, 6.07) is 0. The van der Waals surface area contributed by atoms with Gasteiger partial charge in [-0.25, -0.2) is 0 Å². The lowest BCUT2D eigenvalue weighted by molar-refractivity contribution is -0.123. The molecule has 1 amide bonds. The lowest BCUT2D eigenvalue weighted by Gasteiger charge is -2.31. The quantitative estimate of drug-likeness (QED) is 0.663. The average Bonchev–Trinajstić information content (AvgIpc) is 2.16. The molecular weight excluding hydrogens is 236 g/mol. The highest BCUT2D eigenvalue weighted by atomic mass is 35.5. The van der Waals surface area contributed by atoms with E-state index in [1.165, 1.54) is 0 Å². The van der Waals surface area contributed by atoms with Gasteiger partial charge in [-0.15, -0.1) is 12.4 Å². The van der Waals surface area contributed by atoms with E-state index in [4.69, 9.17) is 5.73 Å². The maximum Gasteiger partial charge on any atom is 0.220 e. The maximum absolute atomic E-state index is 11.7. The third kappa shape index (κ3) is 9.42. The van der Waals surface area contributed by atoms with Gasteiger partial charge >= 0.3 is 0 Å². The minimum absolute atomic E-state index is 0. The van der Waals surface area contributed by atoms with Gasteiger partial charge in [0.05, 0.1) is 0 Å². The number of rotatable bonds is 8. The van der Waals surface area contributed by atoms with Crippen LogP contribution in [0.3, 0.4) is 0 Å². The van der Waals surface area contributed by atoms with Gasteiger partial charge in [0, 0.05) is 18.5 Å². The van der Waals surface area contributed by atoms with Crippen LogP contribution >= 0.6 is 12.4 Å². The Morgan fingerprint density at radius 1 is 1.35 bits per heavy atom. The van der Waals surface area contributed by atoms with Gasteiger partial charge in [0.1, 0.15) is 0 Å². The minimum atomic E-state index is -0.239. The van der Waals surface area contributed by atoms with Crippen LogP contribution in [0.1, 0.15) is 59.8 Å². The van der Waals surface area contributed by atoms with Gasteiger partial charge in [-0.05, 0) is 25.7 Å². The first-order chi connectivity index (χ1) is 7.43. The smallest absolute Gasteiger partial charge is 0.220 e. The van der Waals surface area contributed by atoms with Crippen LogP contribution in [-0.4, -0.2) is 18.0 Å². The average molecular weight is 265 g/mol. The first-order valence-electron chi connectivity index (χ1n) is 6.44. The summed E-state index contributed by atoms with van der Waals surface area (Å²) in [6.45, 7) is 8.98. The monoisotopic (exact) mass is 264 g/mol. The van der Waals surface area contributed by atoms with E-state index in [-0.39, 0.29) is 23.9 Å². The van der Waals surface area contributed by atoms with Gasteiger partial charge in [-0.3, -0.25) is 4.79 Å². The summed E-state index contributed by atoms with van der Waals surface area (Å²) < 4.78 is 0. The van der Waals surface area contributed by atoms with Gasteiger partial charge in [0.2, 0.25) is 5.91 Å². The first-order valence-corrected chi connectivity index (χ1v) is 6.44. The van der Waals surface area contributed by atoms with Crippen LogP contribution < -0.4 is 11.1 Å². The van der Waals surface area contributed by atoms with Gasteiger partial charge in [-0.1, -0.05) is 33.6 Å². The number of unbranched alkanes of at least 4 members (excludes halogenated alkanes) is 2. The molecule has 0 saturated heterocycles. The number of carbonyl (C=O) groups is 1. The molecule has 0 heterocycles. The van der Waals surface area contributed by atoms with Crippen molar-refractivity contribution in [1.82, 2.24) is 5.32 Å². The normalized spacial score (nSPS) is 14.0. The third-order valence-corrected chi connectivity index (χ3v) is 2.76. The van der Waals surface area contributed by atoms with Crippen LogP contribution in [-0.2, 0) is 4.79 Å². The molecule has 0 aliphatic carbocycles. The second kappa shape index (κ2) is 9.72. The highest BCUT2D eigenvalue weighted by molar-refractivity contribution is 5.85. The molecule has 0 aromatic heterocycles. The van der Waals surface area contributed by atoms with E-state index in [1.54, 1.807) is 0 Å². The fourth-order valence-corrected chi connectivity index (χ4v) is 2.02. The van der Waals surface area contributed by atoms with Crippen molar-refractivity contribution in [1.29, 1.82) is 0 Å². The van der Waals surface area contributed by atoms with Crippen molar-refractivity contribution < 1.29 is 4.79 Å². The zero-order chi connectivity index (χ0) is 12.6. The Kier molecular flexibility index (Phi) is 10.9.